The molecular weight excluding hydrogens is 240 g/mol. The highest BCUT2D eigenvalue weighted by atomic mass is 16.5. The number of esters is 1. The normalized spacial score (nSPS) is 22.7. The van der Waals surface area contributed by atoms with Gasteiger partial charge < -0.3 is 4.74 Å². The summed E-state index contributed by atoms with van der Waals surface area (Å²) >= 11 is 0. The monoisotopic (exact) mass is 258 g/mol. The predicted octanol–water partition coefficient (Wildman–Crippen LogP) is 3.01. The van der Waals surface area contributed by atoms with E-state index < -0.39 is 0 Å². The van der Waals surface area contributed by atoms with Gasteiger partial charge in [0.15, 0.2) is 5.78 Å². The highest BCUT2D eigenvalue weighted by Gasteiger charge is 2.38. The van der Waals surface area contributed by atoms with Gasteiger partial charge in [0.1, 0.15) is 0 Å². The summed E-state index contributed by atoms with van der Waals surface area (Å²) in [4.78, 5) is 24.4. The van der Waals surface area contributed by atoms with Gasteiger partial charge in [-0.25, -0.2) is 0 Å². The Bertz CT molecular complexity index is 490. The van der Waals surface area contributed by atoms with Crippen LogP contribution in [0.1, 0.15) is 30.1 Å². The summed E-state index contributed by atoms with van der Waals surface area (Å²) in [7, 11) is 0. The van der Waals surface area contributed by atoms with Crippen molar-refractivity contribution in [2.75, 3.05) is 6.61 Å². The molecule has 1 heterocycles. The van der Waals surface area contributed by atoms with E-state index >= 15 is 0 Å². The minimum absolute atomic E-state index is 0.0310. The van der Waals surface area contributed by atoms with Gasteiger partial charge in [-0.1, -0.05) is 35.9 Å². The molecule has 1 aliphatic heterocycles. The molecule has 19 heavy (non-hydrogen) atoms. The SMILES string of the molecule is C=C(C)CC1C(=O)OCCC1C(=O)c1ccccc1. The van der Waals surface area contributed by atoms with E-state index in [2.05, 4.69) is 6.58 Å². The summed E-state index contributed by atoms with van der Waals surface area (Å²) in [6, 6.07) is 9.13. The van der Waals surface area contributed by atoms with Crippen LogP contribution in [0.15, 0.2) is 42.5 Å². The Labute approximate surface area is 113 Å². The van der Waals surface area contributed by atoms with E-state index in [-0.39, 0.29) is 23.6 Å². The van der Waals surface area contributed by atoms with Crippen LogP contribution in [0.5, 0.6) is 0 Å². The Hall–Kier alpha value is -1.90. The molecule has 1 fully saturated rings. The van der Waals surface area contributed by atoms with Gasteiger partial charge in [0.2, 0.25) is 0 Å². The van der Waals surface area contributed by atoms with Gasteiger partial charge in [0.25, 0.3) is 0 Å². The molecule has 1 aromatic carbocycles. The van der Waals surface area contributed by atoms with E-state index in [0.29, 0.717) is 25.0 Å². The first-order chi connectivity index (χ1) is 9.09. The molecule has 2 unspecified atom stereocenters. The molecule has 1 aliphatic rings. The lowest BCUT2D eigenvalue weighted by atomic mass is 9.79. The molecule has 1 saturated heterocycles. The second kappa shape index (κ2) is 5.83. The van der Waals surface area contributed by atoms with Gasteiger partial charge in [-0.05, 0) is 19.8 Å². The number of ketones is 1. The number of hydrogen-bond donors (Lipinski definition) is 0. The van der Waals surface area contributed by atoms with E-state index in [9.17, 15) is 9.59 Å². The van der Waals surface area contributed by atoms with Crippen LogP contribution in [-0.4, -0.2) is 18.4 Å². The van der Waals surface area contributed by atoms with Crippen LogP contribution in [0.4, 0.5) is 0 Å². The fraction of sp³-hybridized carbons (Fsp3) is 0.375. The first kappa shape index (κ1) is 13.5. The fourth-order valence-electron chi connectivity index (χ4n) is 2.49. The number of benzene rings is 1. The molecule has 1 aromatic rings. The highest BCUT2D eigenvalue weighted by molar-refractivity contribution is 6.00. The summed E-state index contributed by atoms with van der Waals surface area (Å²) in [6.07, 6.45) is 1.11. The Morgan fingerprint density at radius 1 is 1.37 bits per heavy atom. The lowest BCUT2D eigenvalue weighted by molar-refractivity contribution is -0.155. The molecule has 0 N–H and O–H groups in total. The van der Waals surface area contributed by atoms with Crippen molar-refractivity contribution >= 4 is 11.8 Å². The number of ether oxygens (including phenoxy) is 1. The van der Waals surface area contributed by atoms with Crippen LogP contribution in [0.2, 0.25) is 0 Å². The zero-order valence-corrected chi connectivity index (χ0v) is 11.1. The number of cyclic esters (lactones) is 1. The van der Waals surface area contributed by atoms with Crippen LogP contribution >= 0.6 is 0 Å². The maximum atomic E-state index is 12.5. The van der Waals surface area contributed by atoms with E-state index in [1.54, 1.807) is 12.1 Å². The second-order valence-electron chi connectivity index (χ2n) is 5.06. The number of rotatable bonds is 4. The lowest BCUT2D eigenvalue weighted by Crippen LogP contribution is -2.37. The smallest absolute Gasteiger partial charge is 0.310 e. The van der Waals surface area contributed by atoms with Gasteiger partial charge in [-0.2, -0.15) is 0 Å². The minimum Gasteiger partial charge on any atom is -0.465 e. The average Bonchev–Trinajstić information content (AvgIpc) is 2.41. The van der Waals surface area contributed by atoms with Crippen LogP contribution < -0.4 is 0 Å². The van der Waals surface area contributed by atoms with Crippen molar-refractivity contribution in [1.29, 1.82) is 0 Å². The van der Waals surface area contributed by atoms with Crippen molar-refractivity contribution in [2.24, 2.45) is 11.8 Å². The molecule has 0 spiro atoms. The molecule has 0 radical (unpaired) electrons. The third kappa shape index (κ3) is 3.11. The second-order valence-corrected chi connectivity index (χ2v) is 5.06. The summed E-state index contributed by atoms with van der Waals surface area (Å²) in [5, 5.41) is 0. The molecule has 0 aliphatic carbocycles. The van der Waals surface area contributed by atoms with Crippen molar-refractivity contribution in [2.45, 2.75) is 19.8 Å². The molecule has 0 bridgehead atoms. The predicted molar refractivity (Wildman–Crippen MR) is 72.8 cm³/mol. The Kier molecular flexibility index (Phi) is 4.15. The Balaban J connectivity index is 2.22. The summed E-state index contributed by atoms with van der Waals surface area (Å²) in [5.74, 6) is -0.925. The summed E-state index contributed by atoms with van der Waals surface area (Å²) in [6.45, 7) is 6.03. The molecule has 2 atom stereocenters. The van der Waals surface area contributed by atoms with E-state index in [0.717, 1.165) is 5.57 Å². The van der Waals surface area contributed by atoms with Gasteiger partial charge in [-0.15, -0.1) is 6.58 Å². The molecule has 0 amide bonds. The average molecular weight is 258 g/mol. The van der Waals surface area contributed by atoms with Crippen molar-refractivity contribution in [3.8, 4) is 0 Å². The first-order valence-electron chi connectivity index (χ1n) is 6.50. The van der Waals surface area contributed by atoms with Crippen molar-refractivity contribution in [1.82, 2.24) is 0 Å². The molecule has 3 nitrogen and oxygen atoms in total. The van der Waals surface area contributed by atoms with Gasteiger partial charge in [0, 0.05) is 11.5 Å². The quantitative estimate of drug-likeness (QED) is 0.473. The van der Waals surface area contributed by atoms with Gasteiger partial charge in [-0.3, -0.25) is 9.59 Å². The molecular formula is C16H18O3. The Morgan fingerprint density at radius 3 is 2.68 bits per heavy atom. The van der Waals surface area contributed by atoms with Crippen molar-refractivity contribution in [3.63, 3.8) is 0 Å². The van der Waals surface area contributed by atoms with Crippen LogP contribution in [-0.2, 0) is 9.53 Å². The summed E-state index contributed by atoms with van der Waals surface area (Å²) < 4.78 is 5.08. The maximum Gasteiger partial charge on any atom is 0.310 e. The van der Waals surface area contributed by atoms with Crippen molar-refractivity contribution in [3.05, 3.63) is 48.0 Å². The third-order valence-electron chi connectivity index (χ3n) is 3.43. The van der Waals surface area contributed by atoms with Crippen LogP contribution in [0.3, 0.4) is 0 Å². The zero-order valence-electron chi connectivity index (χ0n) is 11.1. The largest absolute Gasteiger partial charge is 0.465 e. The Morgan fingerprint density at radius 2 is 2.05 bits per heavy atom. The molecule has 0 saturated carbocycles. The lowest BCUT2D eigenvalue weighted by Gasteiger charge is -2.29. The number of carbonyl (C=O) groups is 2. The molecule has 3 heteroatoms. The van der Waals surface area contributed by atoms with Crippen LogP contribution in [0.25, 0.3) is 0 Å². The van der Waals surface area contributed by atoms with E-state index in [1.807, 2.05) is 25.1 Å². The highest BCUT2D eigenvalue weighted by Crippen LogP contribution is 2.30. The number of allylic oxidation sites excluding steroid dienone is 1. The topological polar surface area (TPSA) is 43.4 Å². The van der Waals surface area contributed by atoms with Crippen molar-refractivity contribution < 1.29 is 14.3 Å². The standard InChI is InChI=1S/C16H18O3/c1-11(2)10-14-13(8-9-19-16(14)18)15(17)12-6-4-3-5-7-12/h3-7,13-14H,1,8-10H2,2H3. The number of hydrogen-bond acceptors (Lipinski definition) is 3. The van der Waals surface area contributed by atoms with E-state index in [1.165, 1.54) is 0 Å². The van der Waals surface area contributed by atoms with Gasteiger partial charge in [0.05, 0.1) is 12.5 Å². The maximum absolute atomic E-state index is 12.5. The third-order valence-corrected chi connectivity index (χ3v) is 3.43. The van der Waals surface area contributed by atoms with Crippen LogP contribution in [0, 0.1) is 11.8 Å². The summed E-state index contributed by atoms with van der Waals surface area (Å²) in [5.41, 5.74) is 1.56. The van der Waals surface area contributed by atoms with Gasteiger partial charge >= 0.3 is 5.97 Å². The molecule has 2 rings (SSSR count). The van der Waals surface area contributed by atoms with E-state index in [4.69, 9.17) is 4.74 Å². The molecule has 0 aromatic heterocycles. The zero-order chi connectivity index (χ0) is 13.8. The minimum atomic E-state index is -0.390. The molecule has 100 valence electrons. The number of carbonyl (C=O) groups excluding carboxylic acids is 2. The number of Topliss-reactive ketones (excluding diaryl/α,β-unsaturated/α-hetero) is 1. The fourth-order valence-corrected chi connectivity index (χ4v) is 2.49. The first-order valence-corrected chi connectivity index (χ1v) is 6.50.